The molecule has 0 spiro atoms. The Balaban J connectivity index is 2.06. The van der Waals surface area contributed by atoms with Crippen LogP contribution in [0.3, 0.4) is 0 Å². The molecule has 0 bridgehead atoms. The number of urea groups is 1. The number of amides is 2. The van der Waals surface area contributed by atoms with E-state index in [1.165, 1.54) is 11.0 Å². The summed E-state index contributed by atoms with van der Waals surface area (Å²) in [6.07, 6.45) is 3.36. The number of rotatable bonds is 3. The monoisotopic (exact) mass is 305 g/mol. The molecule has 0 aromatic carbocycles. The highest BCUT2D eigenvalue weighted by molar-refractivity contribution is 5.87. The van der Waals surface area contributed by atoms with Crippen molar-refractivity contribution in [1.82, 2.24) is 29.9 Å². The first-order valence-corrected chi connectivity index (χ1v) is 7.16. The molecule has 2 heterocycles. The highest BCUT2D eigenvalue weighted by Gasteiger charge is 2.20. The second kappa shape index (κ2) is 5.78. The first-order valence-electron chi connectivity index (χ1n) is 7.16. The van der Waals surface area contributed by atoms with E-state index in [4.69, 9.17) is 0 Å². The van der Waals surface area contributed by atoms with E-state index in [0.717, 1.165) is 11.3 Å². The number of hydrogen-bond donors (Lipinski definition) is 2. The van der Waals surface area contributed by atoms with Gasteiger partial charge in [0.15, 0.2) is 0 Å². The third-order valence-electron chi connectivity index (χ3n) is 3.38. The fourth-order valence-corrected chi connectivity index (χ4v) is 2.06. The van der Waals surface area contributed by atoms with Gasteiger partial charge in [-0.3, -0.25) is 10.00 Å². The van der Waals surface area contributed by atoms with Gasteiger partial charge in [0.25, 0.3) is 0 Å². The van der Waals surface area contributed by atoms with Crippen LogP contribution in [-0.4, -0.2) is 30.6 Å². The zero-order chi connectivity index (χ0) is 16.5. The van der Waals surface area contributed by atoms with E-state index in [9.17, 15) is 4.79 Å². The van der Waals surface area contributed by atoms with Crippen LogP contribution in [0.5, 0.6) is 0 Å². The number of anilines is 1. The molecule has 0 radical (unpaired) electrons. The highest BCUT2D eigenvalue weighted by atomic mass is 16.2. The molecule has 120 valence electrons. The van der Waals surface area contributed by atoms with Gasteiger partial charge in [0.05, 0.1) is 17.3 Å². The summed E-state index contributed by atoms with van der Waals surface area (Å²) in [6.45, 7) is 10.1. The molecule has 8 nitrogen and oxygen atoms in total. The van der Waals surface area contributed by atoms with E-state index < -0.39 is 0 Å². The zero-order valence-electron chi connectivity index (χ0n) is 13.9. The summed E-state index contributed by atoms with van der Waals surface area (Å²) in [7, 11) is 1.71. The average molecular weight is 305 g/mol. The van der Waals surface area contributed by atoms with Crippen molar-refractivity contribution in [3.05, 3.63) is 23.8 Å². The lowest BCUT2D eigenvalue weighted by molar-refractivity contribution is 0.249. The molecule has 0 aliphatic carbocycles. The summed E-state index contributed by atoms with van der Waals surface area (Å²) >= 11 is 0. The van der Waals surface area contributed by atoms with Gasteiger partial charge in [0, 0.05) is 18.8 Å². The third kappa shape index (κ3) is 3.44. The van der Waals surface area contributed by atoms with Gasteiger partial charge >= 0.3 is 6.03 Å². The summed E-state index contributed by atoms with van der Waals surface area (Å²) in [5.74, 6) is 0.395. The van der Waals surface area contributed by atoms with Gasteiger partial charge in [-0.1, -0.05) is 0 Å². The molecular formula is C14H23N7O. The maximum Gasteiger partial charge on any atom is 0.322 e. The summed E-state index contributed by atoms with van der Waals surface area (Å²) in [6, 6.07) is -0.490. The Morgan fingerprint density at radius 3 is 2.55 bits per heavy atom. The van der Waals surface area contributed by atoms with Crippen molar-refractivity contribution in [2.75, 3.05) is 5.32 Å². The van der Waals surface area contributed by atoms with Gasteiger partial charge in [-0.2, -0.15) is 15.2 Å². The smallest absolute Gasteiger partial charge is 0.322 e. The molecule has 1 atom stereocenters. The van der Waals surface area contributed by atoms with Crippen molar-refractivity contribution in [3.8, 4) is 0 Å². The van der Waals surface area contributed by atoms with Crippen LogP contribution >= 0.6 is 0 Å². The van der Waals surface area contributed by atoms with Crippen molar-refractivity contribution in [1.29, 1.82) is 0 Å². The summed E-state index contributed by atoms with van der Waals surface area (Å²) in [5.41, 5.74) is 1.80. The average Bonchev–Trinajstić information content (AvgIpc) is 2.95. The quantitative estimate of drug-likeness (QED) is 0.907. The zero-order valence-corrected chi connectivity index (χ0v) is 13.9. The first-order chi connectivity index (χ1) is 10.2. The van der Waals surface area contributed by atoms with Gasteiger partial charge in [0.1, 0.15) is 6.33 Å². The lowest BCUT2D eigenvalue weighted by atomic mass is 10.1. The fourth-order valence-electron chi connectivity index (χ4n) is 2.06. The highest BCUT2D eigenvalue weighted by Crippen LogP contribution is 2.21. The molecule has 0 aliphatic rings. The van der Waals surface area contributed by atoms with Crippen molar-refractivity contribution in [2.45, 2.75) is 46.2 Å². The van der Waals surface area contributed by atoms with Gasteiger partial charge in [-0.05, 0) is 34.6 Å². The van der Waals surface area contributed by atoms with Gasteiger partial charge < -0.3 is 5.32 Å². The molecule has 0 aliphatic heterocycles. The molecule has 2 rings (SSSR count). The molecule has 22 heavy (non-hydrogen) atoms. The molecule has 2 aromatic heterocycles. The standard InChI is InChI=1S/C14H23N7O/c1-9(11-7-21(14(3,4)5)19-10(11)2)17-13(22)18-12-15-8-16-20(12)6/h7-9H,1-6H3,(H2,15,16,17,18,22). The second-order valence-electron chi connectivity index (χ2n) is 6.31. The summed E-state index contributed by atoms with van der Waals surface area (Å²) in [5, 5.41) is 14.0. The summed E-state index contributed by atoms with van der Waals surface area (Å²) < 4.78 is 3.41. The maximum absolute atomic E-state index is 12.0. The van der Waals surface area contributed by atoms with Crippen LogP contribution in [0.2, 0.25) is 0 Å². The number of hydrogen-bond acceptors (Lipinski definition) is 4. The molecule has 0 fully saturated rings. The number of nitrogens with one attached hydrogen (secondary N) is 2. The van der Waals surface area contributed by atoms with E-state index in [0.29, 0.717) is 5.95 Å². The third-order valence-corrected chi connectivity index (χ3v) is 3.38. The van der Waals surface area contributed by atoms with E-state index >= 15 is 0 Å². The molecule has 8 heteroatoms. The minimum absolute atomic E-state index is 0.0936. The van der Waals surface area contributed by atoms with Crippen LogP contribution in [-0.2, 0) is 12.6 Å². The minimum Gasteiger partial charge on any atom is -0.331 e. The number of carbonyl (C=O) groups excluding carboxylic acids is 1. The Morgan fingerprint density at radius 1 is 1.36 bits per heavy atom. The maximum atomic E-state index is 12.0. The van der Waals surface area contributed by atoms with Gasteiger partial charge in [-0.15, -0.1) is 0 Å². The van der Waals surface area contributed by atoms with E-state index in [-0.39, 0.29) is 17.6 Å². The van der Waals surface area contributed by atoms with E-state index in [1.807, 2.05) is 24.7 Å². The van der Waals surface area contributed by atoms with Crippen molar-refractivity contribution >= 4 is 12.0 Å². The molecule has 2 N–H and O–H groups in total. The SMILES string of the molecule is Cc1nn(C(C)(C)C)cc1C(C)NC(=O)Nc1ncnn1C. The van der Waals surface area contributed by atoms with E-state index in [2.05, 4.69) is 46.6 Å². The van der Waals surface area contributed by atoms with Gasteiger partial charge in [0.2, 0.25) is 5.95 Å². The van der Waals surface area contributed by atoms with Crippen molar-refractivity contribution < 1.29 is 4.79 Å². The normalized spacial score (nSPS) is 13.0. The largest absolute Gasteiger partial charge is 0.331 e. The Hall–Kier alpha value is -2.38. The van der Waals surface area contributed by atoms with E-state index in [1.54, 1.807) is 7.05 Å². The van der Waals surface area contributed by atoms with Crippen LogP contribution in [0.4, 0.5) is 10.7 Å². The topological polar surface area (TPSA) is 89.7 Å². The van der Waals surface area contributed by atoms with Crippen LogP contribution in [0.15, 0.2) is 12.5 Å². The number of nitrogens with zero attached hydrogens (tertiary/aromatic N) is 5. The lowest BCUT2D eigenvalue weighted by Crippen LogP contribution is -2.32. The predicted octanol–water partition coefficient (Wildman–Crippen LogP) is 1.96. The van der Waals surface area contributed by atoms with Crippen LogP contribution in [0, 0.1) is 6.92 Å². The van der Waals surface area contributed by atoms with Gasteiger partial charge in [-0.25, -0.2) is 9.48 Å². The number of aryl methyl sites for hydroxylation is 2. The van der Waals surface area contributed by atoms with Crippen molar-refractivity contribution in [2.24, 2.45) is 7.05 Å². The lowest BCUT2D eigenvalue weighted by Gasteiger charge is -2.19. The Kier molecular flexibility index (Phi) is 4.20. The van der Waals surface area contributed by atoms with Crippen molar-refractivity contribution in [3.63, 3.8) is 0 Å². The molecule has 2 aromatic rings. The fraction of sp³-hybridized carbons (Fsp3) is 0.571. The van der Waals surface area contributed by atoms with Crippen LogP contribution in [0.25, 0.3) is 0 Å². The summed E-state index contributed by atoms with van der Waals surface area (Å²) in [4.78, 5) is 16.0. The molecule has 2 amide bonds. The predicted molar refractivity (Wildman–Crippen MR) is 83.5 cm³/mol. The number of carbonyl (C=O) groups is 1. The Bertz CT molecular complexity index is 665. The molecular weight excluding hydrogens is 282 g/mol. The molecule has 0 saturated carbocycles. The minimum atomic E-state index is -0.327. The van der Waals surface area contributed by atoms with Crippen LogP contribution < -0.4 is 10.6 Å². The first kappa shape index (κ1) is 16.0. The molecule has 1 unspecified atom stereocenters. The van der Waals surface area contributed by atoms with Crippen LogP contribution in [0.1, 0.15) is 45.0 Å². The molecule has 0 saturated heterocycles. The second-order valence-corrected chi connectivity index (χ2v) is 6.31. The Morgan fingerprint density at radius 2 is 2.05 bits per heavy atom. The number of aromatic nitrogens is 5. The Labute approximate surface area is 129 Å².